The SMILES string of the molecule is CCc1nc(C)ccc1O[C@H]1SC[C@@H](O)[C@H](O)[C@H]1O. The molecule has 0 bridgehead atoms. The second-order valence-electron chi connectivity index (χ2n) is 4.62. The number of pyridine rings is 1. The van der Waals surface area contributed by atoms with Gasteiger partial charge in [-0.25, -0.2) is 0 Å². The van der Waals surface area contributed by atoms with Crippen LogP contribution in [0.2, 0.25) is 0 Å². The summed E-state index contributed by atoms with van der Waals surface area (Å²) < 4.78 is 5.74. The molecule has 1 aromatic rings. The third-order valence-corrected chi connectivity index (χ3v) is 4.34. The number of nitrogens with zero attached hydrogens (tertiary/aromatic N) is 1. The van der Waals surface area contributed by atoms with Crippen molar-refractivity contribution in [3.05, 3.63) is 23.5 Å². The zero-order chi connectivity index (χ0) is 14.0. The molecule has 1 aliphatic heterocycles. The molecule has 0 aromatic carbocycles. The van der Waals surface area contributed by atoms with E-state index in [0.717, 1.165) is 17.8 Å². The molecule has 4 atom stereocenters. The first-order chi connectivity index (χ1) is 9.02. The summed E-state index contributed by atoms with van der Waals surface area (Å²) in [6.45, 7) is 3.89. The molecule has 0 aliphatic carbocycles. The van der Waals surface area contributed by atoms with Gasteiger partial charge in [0.25, 0.3) is 0 Å². The summed E-state index contributed by atoms with van der Waals surface area (Å²) in [6, 6.07) is 3.67. The number of aliphatic hydroxyl groups excluding tert-OH is 3. The Kier molecular flexibility index (Phi) is 4.67. The van der Waals surface area contributed by atoms with Crippen LogP contribution in [0.4, 0.5) is 0 Å². The molecule has 1 fully saturated rings. The first-order valence-corrected chi connectivity index (χ1v) is 7.36. The highest BCUT2D eigenvalue weighted by molar-refractivity contribution is 7.99. The van der Waals surface area contributed by atoms with E-state index in [4.69, 9.17) is 4.74 Å². The van der Waals surface area contributed by atoms with Crippen LogP contribution < -0.4 is 4.74 Å². The normalized spacial score (nSPS) is 31.2. The fourth-order valence-corrected chi connectivity index (χ4v) is 3.08. The summed E-state index contributed by atoms with van der Waals surface area (Å²) in [5, 5.41) is 29.0. The second kappa shape index (κ2) is 6.09. The van der Waals surface area contributed by atoms with Crippen molar-refractivity contribution in [1.29, 1.82) is 0 Å². The molecular weight excluding hydrogens is 266 g/mol. The van der Waals surface area contributed by atoms with E-state index in [-0.39, 0.29) is 0 Å². The van der Waals surface area contributed by atoms with Crippen LogP contribution in [0, 0.1) is 6.92 Å². The average Bonchev–Trinajstić information content (AvgIpc) is 2.41. The molecule has 0 saturated carbocycles. The van der Waals surface area contributed by atoms with Crippen molar-refractivity contribution in [1.82, 2.24) is 4.98 Å². The maximum absolute atomic E-state index is 9.91. The summed E-state index contributed by atoms with van der Waals surface area (Å²) in [6.07, 6.45) is -2.47. The number of rotatable bonds is 3. The zero-order valence-corrected chi connectivity index (χ0v) is 11.8. The van der Waals surface area contributed by atoms with Crippen LogP contribution in [0.1, 0.15) is 18.3 Å². The largest absolute Gasteiger partial charge is 0.475 e. The van der Waals surface area contributed by atoms with Gasteiger partial charge in [-0.15, -0.1) is 11.8 Å². The smallest absolute Gasteiger partial charge is 0.173 e. The summed E-state index contributed by atoms with van der Waals surface area (Å²) in [4.78, 5) is 4.39. The minimum atomic E-state index is -1.17. The number of aryl methyl sites for hydroxylation is 2. The van der Waals surface area contributed by atoms with Crippen LogP contribution in [0.25, 0.3) is 0 Å². The summed E-state index contributed by atoms with van der Waals surface area (Å²) in [5.74, 6) is 0.956. The molecule has 19 heavy (non-hydrogen) atoms. The lowest BCUT2D eigenvalue weighted by Crippen LogP contribution is -2.50. The van der Waals surface area contributed by atoms with Crippen molar-refractivity contribution < 1.29 is 20.1 Å². The molecule has 1 aliphatic rings. The molecule has 0 unspecified atom stereocenters. The van der Waals surface area contributed by atoms with Gasteiger partial charge in [0.2, 0.25) is 0 Å². The Labute approximate surface area is 116 Å². The van der Waals surface area contributed by atoms with E-state index in [1.807, 2.05) is 26.0 Å². The minimum absolute atomic E-state index is 0.337. The number of aromatic nitrogens is 1. The molecule has 1 aromatic heterocycles. The standard InChI is InChI=1S/C13H19NO4S/c1-3-8-10(5-4-7(2)14-8)18-13-12(17)11(16)9(15)6-19-13/h4-5,9,11-13,15-17H,3,6H2,1-2H3/t9-,11+,12-,13+/m1/s1. The number of hydrogen-bond donors (Lipinski definition) is 3. The Balaban J connectivity index is 2.13. The number of hydrogen-bond acceptors (Lipinski definition) is 6. The fraction of sp³-hybridized carbons (Fsp3) is 0.615. The minimum Gasteiger partial charge on any atom is -0.475 e. The number of thioether (sulfide) groups is 1. The monoisotopic (exact) mass is 285 g/mol. The van der Waals surface area contributed by atoms with E-state index >= 15 is 0 Å². The van der Waals surface area contributed by atoms with Crippen molar-refractivity contribution in [2.24, 2.45) is 0 Å². The van der Waals surface area contributed by atoms with Crippen LogP contribution in [0.15, 0.2) is 12.1 Å². The van der Waals surface area contributed by atoms with E-state index in [9.17, 15) is 15.3 Å². The van der Waals surface area contributed by atoms with Crippen molar-refractivity contribution in [2.75, 3.05) is 5.75 Å². The van der Waals surface area contributed by atoms with Gasteiger partial charge in [0.05, 0.1) is 11.8 Å². The average molecular weight is 285 g/mol. The number of ether oxygens (including phenoxy) is 1. The maximum atomic E-state index is 9.91. The highest BCUT2D eigenvalue weighted by Crippen LogP contribution is 2.30. The highest BCUT2D eigenvalue weighted by atomic mass is 32.2. The van der Waals surface area contributed by atoms with E-state index in [1.54, 1.807) is 0 Å². The van der Waals surface area contributed by atoms with E-state index < -0.39 is 23.7 Å². The Hall–Kier alpha value is -0.820. The van der Waals surface area contributed by atoms with E-state index in [0.29, 0.717) is 11.5 Å². The lowest BCUT2D eigenvalue weighted by atomic mass is 10.1. The van der Waals surface area contributed by atoms with Gasteiger partial charge >= 0.3 is 0 Å². The topological polar surface area (TPSA) is 82.8 Å². The molecule has 2 rings (SSSR count). The predicted molar refractivity (Wildman–Crippen MR) is 73.2 cm³/mol. The van der Waals surface area contributed by atoms with E-state index in [2.05, 4.69) is 4.98 Å². The lowest BCUT2D eigenvalue weighted by molar-refractivity contribution is -0.0787. The number of aliphatic hydroxyl groups is 3. The Bertz CT molecular complexity index is 443. The molecule has 2 heterocycles. The van der Waals surface area contributed by atoms with Crippen molar-refractivity contribution in [2.45, 2.75) is 44.0 Å². The third kappa shape index (κ3) is 3.20. The summed E-state index contributed by atoms with van der Waals surface area (Å²) in [7, 11) is 0. The molecule has 3 N–H and O–H groups in total. The molecule has 5 nitrogen and oxygen atoms in total. The van der Waals surface area contributed by atoms with Crippen LogP contribution in [-0.4, -0.2) is 49.8 Å². The molecule has 106 valence electrons. The second-order valence-corrected chi connectivity index (χ2v) is 5.75. The van der Waals surface area contributed by atoms with Crippen LogP contribution in [-0.2, 0) is 6.42 Å². The van der Waals surface area contributed by atoms with Gasteiger partial charge in [-0.05, 0) is 25.5 Å². The van der Waals surface area contributed by atoms with Gasteiger partial charge < -0.3 is 20.1 Å². The van der Waals surface area contributed by atoms with Gasteiger partial charge in [0.15, 0.2) is 5.44 Å². The summed E-state index contributed by atoms with van der Waals surface area (Å²) in [5.41, 5.74) is 1.15. The predicted octanol–water partition coefficient (Wildman–Crippen LogP) is 0.487. The van der Waals surface area contributed by atoms with Gasteiger partial charge in [0, 0.05) is 11.4 Å². The highest BCUT2D eigenvalue weighted by Gasteiger charge is 2.38. The van der Waals surface area contributed by atoms with Gasteiger partial charge in [0.1, 0.15) is 18.0 Å². The van der Waals surface area contributed by atoms with Gasteiger partial charge in [-0.3, -0.25) is 4.98 Å². The van der Waals surface area contributed by atoms with Crippen LogP contribution in [0.3, 0.4) is 0 Å². The maximum Gasteiger partial charge on any atom is 0.173 e. The summed E-state index contributed by atoms with van der Waals surface area (Å²) >= 11 is 1.29. The van der Waals surface area contributed by atoms with Crippen molar-refractivity contribution in [3.63, 3.8) is 0 Å². The molecular formula is C13H19NO4S. The fourth-order valence-electron chi connectivity index (χ4n) is 1.97. The Morgan fingerprint density at radius 2 is 2.05 bits per heavy atom. The first kappa shape index (κ1) is 14.6. The molecule has 1 saturated heterocycles. The quantitative estimate of drug-likeness (QED) is 0.749. The van der Waals surface area contributed by atoms with E-state index in [1.165, 1.54) is 11.8 Å². The molecule has 0 radical (unpaired) electrons. The van der Waals surface area contributed by atoms with Crippen LogP contribution in [0.5, 0.6) is 5.75 Å². The molecule has 0 amide bonds. The molecule has 0 spiro atoms. The molecule has 6 heteroatoms. The lowest BCUT2D eigenvalue weighted by Gasteiger charge is -2.34. The zero-order valence-electron chi connectivity index (χ0n) is 11.0. The third-order valence-electron chi connectivity index (χ3n) is 3.10. The van der Waals surface area contributed by atoms with Crippen LogP contribution >= 0.6 is 11.8 Å². The van der Waals surface area contributed by atoms with Crippen molar-refractivity contribution in [3.8, 4) is 5.75 Å². The van der Waals surface area contributed by atoms with Crippen molar-refractivity contribution >= 4 is 11.8 Å². The Morgan fingerprint density at radius 1 is 1.32 bits per heavy atom. The Morgan fingerprint density at radius 3 is 2.74 bits per heavy atom. The first-order valence-electron chi connectivity index (χ1n) is 6.32. The van der Waals surface area contributed by atoms with Gasteiger partial charge in [-0.1, -0.05) is 6.92 Å². The van der Waals surface area contributed by atoms with Gasteiger partial charge in [-0.2, -0.15) is 0 Å².